The highest BCUT2D eigenvalue weighted by atomic mass is 19.1. The number of benzene rings is 1. The largest absolute Gasteiger partial charge is 0.508 e. The SMILES string of the molecule is NCCC(F)c1cccc(O)c1. The van der Waals surface area contributed by atoms with E-state index in [2.05, 4.69) is 0 Å². The summed E-state index contributed by atoms with van der Waals surface area (Å²) in [6.45, 7) is 0.316. The molecule has 0 bridgehead atoms. The van der Waals surface area contributed by atoms with Crippen LogP contribution in [0.15, 0.2) is 24.3 Å². The van der Waals surface area contributed by atoms with Crippen molar-refractivity contribution in [2.75, 3.05) is 6.54 Å². The third-order valence-electron chi connectivity index (χ3n) is 1.65. The van der Waals surface area contributed by atoms with Crippen molar-refractivity contribution in [2.45, 2.75) is 12.6 Å². The van der Waals surface area contributed by atoms with Gasteiger partial charge in [-0.15, -0.1) is 0 Å². The van der Waals surface area contributed by atoms with Gasteiger partial charge < -0.3 is 10.8 Å². The predicted molar refractivity (Wildman–Crippen MR) is 45.6 cm³/mol. The fourth-order valence-corrected chi connectivity index (χ4v) is 1.03. The third-order valence-corrected chi connectivity index (χ3v) is 1.65. The van der Waals surface area contributed by atoms with E-state index in [0.717, 1.165) is 0 Å². The Labute approximate surface area is 70.8 Å². The summed E-state index contributed by atoms with van der Waals surface area (Å²) >= 11 is 0. The van der Waals surface area contributed by atoms with Gasteiger partial charge in [-0.25, -0.2) is 4.39 Å². The van der Waals surface area contributed by atoms with Crippen LogP contribution >= 0.6 is 0 Å². The highest BCUT2D eigenvalue weighted by Gasteiger charge is 2.07. The number of phenolic OH excluding ortho intramolecular Hbond substituents is 1. The maximum atomic E-state index is 13.1. The molecule has 3 N–H and O–H groups in total. The second-order valence-electron chi connectivity index (χ2n) is 2.64. The number of alkyl halides is 1. The van der Waals surface area contributed by atoms with Crippen LogP contribution in [0.2, 0.25) is 0 Å². The molecule has 0 aliphatic carbocycles. The molecule has 1 unspecified atom stereocenters. The lowest BCUT2D eigenvalue weighted by Crippen LogP contribution is -2.03. The van der Waals surface area contributed by atoms with Gasteiger partial charge in [0.05, 0.1) is 0 Å². The highest BCUT2D eigenvalue weighted by Crippen LogP contribution is 2.23. The van der Waals surface area contributed by atoms with Gasteiger partial charge >= 0.3 is 0 Å². The molecule has 2 nitrogen and oxygen atoms in total. The van der Waals surface area contributed by atoms with E-state index in [9.17, 15) is 4.39 Å². The number of aromatic hydroxyl groups is 1. The Morgan fingerprint density at radius 2 is 2.25 bits per heavy atom. The van der Waals surface area contributed by atoms with Crippen LogP contribution in [-0.2, 0) is 0 Å². The number of hydrogen-bond donors (Lipinski definition) is 2. The smallest absolute Gasteiger partial charge is 0.126 e. The maximum Gasteiger partial charge on any atom is 0.126 e. The van der Waals surface area contributed by atoms with Gasteiger partial charge in [-0.1, -0.05) is 12.1 Å². The van der Waals surface area contributed by atoms with Crippen molar-refractivity contribution in [3.05, 3.63) is 29.8 Å². The van der Waals surface area contributed by atoms with Crippen LogP contribution in [0.25, 0.3) is 0 Å². The van der Waals surface area contributed by atoms with Crippen molar-refractivity contribution in [1.82, 2.24) is 0 Å². The fourth-order valence-electron chi connectivity index (χ4n) is 1.03. The Kier molecular flexibility index (Phi) is 3.05. The second-order valence-corrected chi connectivity index (χ2v) is 2.64. The predicted octanol–water partition coefficient (Wildman–Crippen LogP) is 1.75. The van der Waals surface area contributed by atoms with Gasteiger partial charge in [-0.05, 0) is 30.7 Å². The Balaban J connectivity index is 2.73. The van der Waals surface area contributed by atoms with Crippen LogP contribution in [0.4, 0.5) is 4.39 Å². The molecule has 0 radical (unpaired) electrons. The van der Waals surface area contributed by atoms with Gasteiger partial charge in [0.1, 0.15) is 11.9 Å². The number of nitrogens with two attached hydrogens (primary N) is 1. The van der Waals surface area contributed by atoms with Gasteiger partial charge in [0, 0.05) is 0 Å². The summed E-state index contributed by atoms with van der Waals surface area (Å²) in [5, 5.41) is 9.03. The monoisotopic (exact) mass is 169 g/mol. The second kappa shape index (κ2) is 4.07. The van der Waals surface area contributed by atoms with Crippen LogP contribution in [0.5, 0.6) is 5.75 Å². The van der Waals surface area contributed by atoms with Crippen LogP contribution < -0.4 is 5.73 Å². The first kappa shape index (κ1) is 9.00. The molecule has 0 amide bonds. The summed E-state index contributed by atoms with van der Waals surface area (Å²) in [5.41, 5.74) is 5.69. The number of phenols is 1. The van der Waals surface area contributed by atoms with Crippen LogP contribution in [0, 0.1) is 0 Å². The van der Waals surface area contributed by atoms with Crippen molar-refractivity contribution < 1.29 is 9.50 Å². The molecule has 3 heteroatoms. The standard InChI is InChI=1S/C9H12FNO/c10-9(4-5-11)7-2-1-3-8(12)6-7/h1-3,6,9,12H,4-5,11H2. The van der Waals surface area contributed by atoms with Crippen molar-refractivity contribution in [3.8, 4) is 5.75 Å². The lowest BCUT2D eigenvalue weighted by molar-refractivity contribution is 0.326. The molecule has 1 rings (SSSR count). The third kappa shape index (κ3) is 2.20. The highest BCUT2D eigenvalue weighted by molar-refractivity contribution is 5.28. The van der Waals surface area contributed by atoms with E-state index in [4.69, 9.17) is 10.8 Å². The van der Waals surface area contributed by atoms with Crippen LogP contribution in [-0.4, -0.2) is 11.7 Å². The minimum atomic E-state index is -1.07. The first-order valence-corrected chi connectivity index (χ1v) is 3.87. The molecule has 0 aliphatic heterocycles. The van der Waals surface area contributed by atoms with E-state index in [1.807, 2.05) is 0 Å². The molecule has 66 valence electrons. The molecule has 0 spiro atoms. The number of halogens is 1. The molecule has 0 saturated heterocycles. The molecular weight excluding hydrogens is 157 g/mol. The number of rotatable bonds is 3. The summed E-state index contributed by atoms with van der Waals surface area (Å²) in [6.07, 6.45) is -0.772. The average molecular weight is 169 g/mol. The van der Waals surface area contributed by atoms with Gasteiger partial charge in [0.15, 0.2) is 0 Å². The zero-order valence-electron chi connectivity index (χ0n) is 6.70. The lowest BCUT2D eigenvalue weighted by atomic mass is 10.1. The van der Waals surface area contributed by atoms with Crippen molar-refractivity contribution in [1.29, 1.82) is 0 Å². The maximum absolute atomic E-state index is 13.1. The zero-order chi connectivity index (χ0) is 8.97. The fraction of sp³-hybridized carbons (Fsp3) is 0.333. The molecule has 12 heavy (non-hydrogen) atoms. The Hall–Kier alpha value is -1.09. The van der Waals surface area contributed by atoms with Gasteiger partial charge in [0.2, 0.25) is 0 Å². The Bertz CT molecular complexity index is 252. The normalized spacial score (nSPS) is 12.8. The Morgan fingerprint density at radius 1 is 1.50 bits per heavy atom. The minimum Gasteiger partial charge on any atom is -0.508 e. The molecule has 1 atom stereocenters. The molecule has 1 aromatic carbocycles. The molecule has 0 heterocycles. The molecule has 0 saturated carbocycles. The van der Waals surface area contributed by atoms with Crippen molar-refractivity contribution in [3.63, 3.8) is 0 Å². The summed E-state index contributed by atoms with van der Waals surface area (Å²) in [4.78, 5) is 0. The van der Waals surface area contributed by atoms with E-state index in [-0.39, 0.29) is 5.75 Å². The van der Waals surface area contributed by atoms with E-state index in [1.54, 1.807) is 12.1 Å². The van der Waals surface area contributed by atoms with Gasteiger partial charge in [-0.2, -0.15) is 0 Å². The van der Waals surface area contributed by atoms with Gasteiger partial charge in [0.25, 0.3) is 0 Å². The molecule has 1 aromatic rings. The van der Waals surface area contributed by atoms with Crippen LogP contribution in [0.3, 0.4) is 0 Å². The Morgan fingerprint density at radius 3 is 2.83 bits per heavy atom. The van der Waals surface area contributed by atoms with Crippen LogP contribution in [0.1, 0.15) is 18.2 Å². The van der Waals surface area contributed by atoms with E-state index in [0.29, 0.717) is 18.5 Å². The first-order valence-electron chi connectivity index (χ1n) is 3.87. The van der Waals surface area contributed by atoms with E-state index in [1.165, 1.54) is 12.1 Å². The minimum absolute atomic E-state index is 0.0900. The summed E-state index contributed by atoms with van der Waals surface area (Å²) in [5.74, 6) is 0.0900. The topological polar surface area (TPSA) is 46.2 Å². The van der Waals surface area contributed by atoms with E-state index >= 15 is 0 Å². The molecule has 0 aliphatic rings. The average Bonchev–Trinajstić information content (AvgIpc) is 2.05. The zero-order valence-corrected chi connectivity index (χ0v) is 6.70. The summed E-state index contributed by atoms with van der Waals surface area (Å²) in [6, 6.07) is 6.19. The van der Waals surface area contributed by atoms with Crippen molar-refractivity contribution >= 4 is 0 Å². The number of hydrogen-bond acceptors (Lipinski definition) is 2. The molecule has 0 aromatic heterocycles. The lowest BCUT2D eigenvalue weighted by Gasteiger charge is -2.06. The van der Waals surface area contributed by atoms with Crippen molar-refractivity contribution in [2.24, 2.45) is 5.73 Å². The van der Waals surface area contributed by atoms with Gasteiger partial charge in [-0.3, -0.25) is 0 Å². The molecular formula is C9H12FNO. The summed E-state index contributed by atoms with van der Waals surface area (Å²) in [7, 11) is 0. The molecule has 0 fully saturated rings. The first-order chi connectivity index (χ1) is 5.74. The quantitative estimate of drug-likeness (QED) is 0.724. The van der Waals surface area contributed by atoms with E-state index < -0.39 is 6.17 Å². The summed E-state index contributed by atoms with van der Waals surface area (Å²) < 4.78 is 13.1.